The summed E-state index contributed by atoms with van der Waals surface area (Å²) in [7, 11) is 0. The number of nitrogens with one attached hydrogen (secondary N) is 1. The van der Waals surface area contributed by atoms with Crippen molar-refractivity contribution in [3.63, 3.8) is 0 Å². The van der Waals surface area contributed by atoms with Crippen molar-refractivity contribution in [1.29, 1.82) is 0 Å². The van der Waals surface area contributed by atoms with Gasteiger partial charge in [-0.25, -0.2) is 0 Å². The summed E-state index contributed by atoms with van der Waals surface area (Å²) in [5, 5.41) is 23.3. The molecule has 0 saturated carbocycles. The number of benzene rings is 1. The minimum atomic E-state index is -0.914. The molecule has 22 heavy (non-hydrogen) atoms. The van der Waals surface area contributed by atoms with Gasteiger partial charge in [0.1, 0.15) is 0 Å². The molecular weight excluding hydrogens is 338 g/mol. The van der Waals surface area contributed by atoms with Crippen molar-refractivity contribution < 1.29 is 19.4 Å². The third-order valence-electron chi connectivity index (χ3n) is 2.93. The Bertz CT molecular complexity index is 659. The first-order chi connectivity index (χ1) is 10.3. The first kappa shape index (κ1) is 16.2. The van der Waals surface area contributed by atoms with Gasteiger partial charge in [0.15, 0.2) is 5.02 Å². The summed E-state index contributed by atoms with van der Waals surface area (Å²) in [6.45, 7) is 0. The summed E-state index contributed by atoms with van der Waals surface area (Å²) < 4.78 is 0. The molecule has 0 aromatic heterocycles. The van der Waals surface area contributed by atoms with Crippen LogP contribution < -0.4 is 5.32 Å². The Kier molecular flexibility index (Phi) is 4.62. The van der Waals surface area contributed by atoms with Gasteiger partial charge in [-0.05, 0) is 6.42 Å². The van der Waals surface area contributed by atoms with E-state index in [0.717, 1.165) is 23.9 Å². The second-order valence-electron chi connectivity index (χ2n) is 4.32. The smallest absolute Gasteiger partial charge is 0.295 e. The van der Waals surface area contributed by atoms with E-state index in [1.54, 1.807) is 0 Å². The second kappa shape index (κ2) is 6.28. The highest BCUT2D eigenvalue weighted by molar-refractivity contribution is 8.14. The van der Waals surface area contributed by atoms with Crippen molar-refractivity contribution >= 4 is 45.8 Å². The molecule has 0 bridgehead atoms. The fourth-order valence-corrected chi connectivity index (χ4v) is 3.04. The van der Waals surface area contributed by atoms with E-state index in [-0.39, 0.29) is 10.7 Å². The van der Waals surface area contributed by atoms with Crippen LogP contribution in [-0.2, 0) is 4.79 Å². The molecule has 1 saturated heterocycles. The van der Waals surface area contributed by atoms with Crippen molar-refractivity contribution in [3.8, 4) is 0 Å². The predicted molar refractivity (Wildman–Crippen MR) is 78.1 cm³/mol. The van der Waals surface area contributed by atoms with E-state index < -0.39 is 38.2 Å². The molecule has 1 heterocycles. The van der Waals surface area contributed by atoms with Crippen LogP contribution in [-0.4, -0.2) is 32.7 Å². The van der Waals surface area contributed by atoms with Gasteiger partial charge in [0.25, 0.3) is 17.3 Å². The Hall–Kier alpha value is -2.20. The number of hydrogen-bond donors (Lipinski definition) is 1. The van der Waals surface area contributed by atoms with Crippen LogP contribution in [0.3, 0.4) is 0 Å². The van der Waals surface area contributed by atoms with Crippen LogP contribution in [0, 0.1) is 20.2 Å². The normalized spacial score (nSPS) is 17.3. The largest absolute Gasteiger partial charge is 0.341 e. The van der Waals surface area contributed by atoms with Gasteiger partial charge in [-0.1, -0.05) is 23.4 Å². The number of amides is 1. The van der Waals surface area contributed by atoms with Crippen LogP contribution in [0.15, 0.2) is 12.1 Å². The van der Waals surface area contributed by atoms with Crippen LogP contribution in [0.4, 0.5) is 11.4 Å². The lowest BCUT2D eigenvalue weighted by atomic mass is 10.1. The molecule has 9 nitrogen and oxygen atoms in total. The van der Waals surface area contributed by atoms with E-state index in [9.17, 15) is 29.8 Å². The molecule has 1 aliphatic rings. The van der Waals surface area contributed by atoms with Crippen molar-refractivity contribution in [1.82, 2.24) is 5.32 Å². The van der Waals surface area contributed by atoms with Gasteiger partial charge in [0.2, 0.25) is 5.12 Å². The fraction of sp³-hybridized carbons (Fsp3) is 0.273. The molecule has 0 aliphatic carbocycles. The Balaban J connectivity index is 2.37. The number of rotatable bonds is 4. The van der Waals surface area contributed by atoms with E-state index in [0.29, 0.717) is 12.2 Å². The lowest BCUT2D eigenvalue weighted by Crippen LogP contribution is -2.37. The zero-order valence-corrected chi connectivity index (χ0v) is 12.3. The summed E-state index contributed by atoms with van der Waals surface area (Å²) in [5.41, 5.74) is -1.78. The molecule has 0 spiro atoms. The van der Waals surface area contributed by atoms with Crippen LogP contribution in [0.1, 0.15) is 16.8 Å². The van der Waals surface area contributed by atoms with Crippen LogP contribution in [0.2, 0.25) is 5.02 Å². The molecule has 11 heteroatoms. The quantitative estimate of drug-likeness (QED) is 0.650. The standard InChI is InChI=1S/C11H8ClN3O6S/c12-9-7(14(18)19)3-5(4-8(9)15(20)21)10(16)13-6-1-2-22-11(6)17/h3-4,6H,1-2H2,(H,13,16). The highest BCUT2D eigenvalue weighted by atomic mass is 35.5. The Morgan fingerprint density at radius 3 is 2.23 bits per heavy atom. The van der Waals surface area contributed by atoms with Gasteiger partial charge in [0.05, 0.1) is 21.5 Å². The Morgan fingerprint density at radius 2 is 1.82 bits per heavy atom. The number of carbonyl (C=O) groups is 2. The number of hydrogen-bond acceptors (Lipinski definition) is 7. The minimum absolute atomic E-state index is 0.216. The maximum absolute atomic E-state index is 12.0. The van der Waals surface area contributed by atoms with Crippen LogP contribution in [0.25, 0.3) is 0 Å². The molecule has 1 aromatic rings. The third kappa shape index (κ3) is 3.17. The molecule has 1 aliphatic heterocycles. The highest BCUT2D eigenvalue weighted by Gasteiger charge is 2.30. The van der Waals surface area contributed by atoms with E-state index in [2.05, 4.69) is 5.32 Å². The number of halogens is 1. The molecule has 116 valence electrons. The lowest BCUT2D eigenvalue weighted by molar-refractivity contribution is -0.393. The number of carbonyl (C=O) groups excluding carboxylic acids is 2. The average molecular weight is 346 g/mol. The van der Waals surface area contributed by atoms with Gasteiger partial charge in [0, 0.05) is 17.9 Å². The zero-order chi connectivity index (χ0) is 16.4. The number of thioether (sulfide) groups is 1. The molecule has 1 fully saturated rings. The van der Waals surface area contributed by atoms with Crippen LogP contribution in [0.5, 0.6) is 0 Å². The van der Waals surface area contributed by atoms with Crippen molar-refractivity contribution in [2.24, 2.45) is 0 Å². The molecule has 2 rings (SSSR count). The van der Waals surface area contributed by atoms with Crippen molar-refractivity contribution in [3.05, 3.63) is 42.9 Å². The number of nitro benzene ring substituents is 2. The topological polar surface area (TPSA) is 132 Å². The Morgan fingerprint density at radius 1 is 1.27 bits per heavy atom. The fourth-order valence-electron chi connectivity index (χ4n) is 1.86. The molecule has 1 amide bonds. The van der Waals surface area contributed by atoms with E-state index in [1.807, 2.05) is 0 Å². The monoisotopic (exact) mass is 345 g/mol. The molecular formula is C11H8ClN3O6S. The molecule has 1 aromatic carbocycles. The van der Waals surface area contributed by atoms with Crippen LogP contribution >= 0.6 is 23.4 Å². The van der Waals surface area contributed by atoms with Crippen molar-refractivity contribution in [2.45, 2.75) is 12.5 Å². The highest BCUT2D eigenvalue weighted by Crippen LogP contribution is 2.35. The summed E-state index contributed by atoms with van der Waals surface area (Å²) in [6.07, 6.45) is 0.438. The number of nitrogens with zero attached hydrogens (tertiary/aromatic N) is 2. The minimum Gasteiger partial charge on any atom is -0.341 e. The summed E-state index contributed by atoms with van der Waals surface area (Å²) in [5.74, 6) is -0.242. The van der Waals surface area contributed by atoms with Gasteiger partial charge < -0.3 is 5.32 Å². The molecule has 1 atom stereocenters. The number of nitro groups is 2. The lowest BCUT2D eigenvalue weighted by Gasteiger charge is -2.10. The van der Waals surface area contributed by atoms with Gasteiger partial charge in [-0.15, -0.1) is 0 Å². The molecule has 0 radical (unpaired) electrons. The van der Waals surface area contributed by atoms with E-state index in [1.165, 1.54) is 0 Å². The predicted octanol–water partition coefficient (Wildman–Crippen LogP) is 1.92. The van der Waals surface area contributed by atoms with E-state index in [4.69, 9.17) is 11.6 Å². The summed E-state index contributed by atoms with van der Waals surface area (Å²) >= 11 is 6.67. The SMILES string of the molecule is O=C(NC1CCSC1=O)c1cc([N+](=O)[O-])c(Cl)c([N+](=O)[O-])c1. The van der Waals surface area contributed by atoms with Gasteiger partial charge >= 0.3 is 0 Å². The van der Waals surface area contributed by atoms with Crippen molar-refractivity contribution in [2.75, 3.05) is 5.75 Å². The zero-order valence-electron chi connectivity index (χ0n) is 10.8. The van der Waals surface area contributed by atoms with Gasteiger partial charge in [-0.3, -0.25) is 29.8 Å². The first-order valence-corrected chi connectivity index (χ1v) is 7.27. The average Bonchev–Trinajstić information content (AvgIpc) is 2.83. The second-order valence-corrected chi connectivity index (χ2v) is 5.80. The molecule has 1 N–H and O–H groups in total. The van der Waals surface area contributed by atoms with E-state index >= 15 is 0 Å². The maximum Gasteiger partial charge on any atom is 0.295 e. The summed E-state index contributed by atoms with van der Waals surface area (Å²) in [4.78, 5) is 43.4. The third-order valence-corrected chi connectivity index (χ3v) is 4.33. The van der Waals surface area contributed by atoms with Gasteiger partial charge in [-0.2, -0.15) is 0 Å². The maximum atomic E-state index is 12.0. The Labute approximate surface area is 132 Å². The molecule has 1 unspecified atom stereocenters. The summed E-state index contributed by atoms with van der Waals surface area (Å²) in [6, 6.07) is 0.986. The first-order valence-electron chi connectivity index (χ1n) is 5.91.